The van der Waals surface area contributed by atoms with Crippen LogP contribution in [0.3, 0.4) is 0 Å². The predicted octanol–water partition coefficient (Wildman–Crippen LogP) is 2.78. The molecule has 0 saturated carbocycles. The highest BCUT2D eigenvalue weighted by atomic mass is 16.6. The van der Waals surface area contributed by atoms with E-state index in [1.165, 1.54) is 24.3 Å². The van der Waals surface area contributed by atoms with E-state index in [4.69, 9.17) is 0 Å². The Morgan fingerprint density at radius 3 is 2.44 bits per heavy atom. The number of hydrogen-bond acceptors (Lipinski definition) is 4. The lowest BCUT2D eigenvalue weighted by Gasteiger charge is -2.03. The fourth-order valence-electron chi connectivity index (χ4n) is 1.67. The van der Waals surface area contributed by atoms with Gasteiger partial charge in [0.15, 0.2) is 6.29 Å². The lowest BCUT2D eigenvalue weighted by molar-refractivity contribution is -0.385. The number of phenolic OH excluding ortho intramolecular Hbond substituents is 1. The molecule has 0 atom stereocenters. The smallest absolute Gasteiger partial charge is 0.280 e. The van der Waals surface area contributed by atoms with Crippen LogP contribution in [0.2, 0.25) is 0 Å². The third-order valence-electron chi connectivity index (χ3n) is 2.53. The van der Waals surface area contributed by atoms with Gasteiger partial charge < -0.3 is 5.11 Å². The van der Waals surface area contributed by atoms with Crippen molar-refractivity contribution in [1.82, 2.24) is 0 Å². The second kappa shape index (κ2) is 4.67. The molecule has 18 heavy (non-hydrogen) atoms. The van der Waals surface area contributed by atoms with E-state index in [0.29, 0.717) is 17.4 Å². The Kier molecular flexibility index (Phi) is 3.05. The topological polar surface area (TPSA) is 80.4 Å². The zero-order valence-corrected chi connectivity index (χ0v) is 9.24. The Hall–Kier alpha value is -2.69. The molecule has 0 aliphatic carbocycles. The summed E-state index contributed by atoms with van der Waals surface area (Å²) >= 11 is 0. The number of nitro benzene ring substituents is 1. The summed E-state index contributed by atoms with van der Waals surface area (Å²) in [5.41, 5.74) is 1.01. The van der Waals surface area contributed by atoms with Crippen LogP contribution >= 0.6 is 0 Å². The number of aldehydes is 1. The van der Waals surface area contributed by atoms with Crippen molar-refractivity contribution in [3.05, 3.63) is 58.1 Å². The van der Waals surface area contributed by atoms with Crippen LogP contribution in [0.4, 0.5) is 5.69 Å². The number of hydrogen-bond donors (Lipinski definition) is 1. The molecule has 0 fully saturated rings. The summed E-state index contributed by atoms with van der Waals surface area (Å²) in [7, 11) is 0. The van der Waals surface area contributed by atoms with E-state index in [1.807, 2.05) is 0 Å². The molecular formula is C13H9NO4. The van der Waals surface area contributed by atoms with Gasteiger partial charge in [0.2, 0.25) is 0 Å². The average Bonchev–Trinajstić information content (AvgIpc) is 2.38. The summed E-state index contributed by atoms with van der Waals surface area (Å²) in [6.45, 7) is 0. The highest BCUT2D eigenvalue weighted by Crippen LogP contribution is 2.28. The second-order valence-electron chi connectivity index (χ2n) is 3.70. The highest BCUT2D eigenvalue weighted by Gasteiger charge is 2.14. The van der Waals surface area contributed by atoms with Gasteiger partial charge in [-0.2, -0.15) is 0 Å². The summed E-state index contributed by atoms with van der Waals surface area (Å²) < 4.78 is 0. The minimum absolute atomic E-state index is 0.0314. The molecule has 0 saturated heterocycles. The quantitative estimate of drug-likeness (QED) is 0.510. The van der Waals surface area contributed by atoms with Crippen molar-refractivity contribution in [2.24, 2.45) is 0 Å². The standard InChI is InChI=1S/C13H9NO4/c15-8-11-5-4-10(7-13(11)14(17)18)9-2-1-3-12(16)6-9/h1-8,16H. The van der Waals surface area contributed by atoms with Gasteiger partial charge in [0, 0.05) is 6.07 Å². The zero-order valence-electron chi connectivity index (χ0n) is 9.24. The fourth-order valence-corrected chi connectivity index (χ4v) is 1.67. The van der Waals surface area contributed by atoms with Crippen LogP contribution in [0, 0.1) is 10.1 Å². The van der Waals surface area contributed by atoms with Gasteiger partial charge in [-0.3, -0.25) is 14.9 Å². The Morgan fingerprint density at radius 2 is 1.83 bits per heavy atom. The first kappa shape index (κ1) is 11.8. The van der Waals surface area contributed by atoms with E-state index in [1.54, 1.807) is 18.2 Å². The van der Waals surface area contributed by atoms with Crippen LogP contribution in [-0.2, 0) is 0 Å². The molecule has 0 spiro atoms. The van der Waals surface area contributed by atoms with Gasteiger partial charge in [-0.25, -0.2) is 0 Å². The van der Waals surface area contributed by atoms with Gasteiger partial charge in [-0.15, -0.1) is 0 Å². The first-order valence-electron chi connectivity index (χ1n) is 5.15. The summed E-state index contributed by atoms with van der Waals surface area (Å²) in [4.78, 5) is 20.9. The van der Waals surface area contributed by atoms with Crippen molar-refractivity contribution in [1.29, 1.82) is 0 Å². The van der Waals surface area contributed by atoms with Crippen molar-refractivity contribution in [3.8, 4) is 16.9 Å². The summed E-state index contributed by atoms with van der Waals surface area (Å²) in [6, 6.07) is 10.7. The lowest BCUT2D eigenvalue weighted by atomic mass is 10.0. The van der Waals surface area contributed by atoms with E-state index in [2.05, 4.69) is 0 Å². The molecule has 5 heteroatoms. The summed E-state index contributed by atoms with van der Waals surface area (Å²) in [5.74, 6) is 0.0783. The van der Waals surface area contributed by atoms with Crippen LogP contribution in [-0.4, -0.2) is 16.3 Å². The number of nitrogens with zero attached hydrogens (tertiary/aromatic N) is 1. The van der Waals surface area contributed by atoms with Crippen LogP contribution in [0.25, 0.3) is 11.1 Å². The van der Waals surface area contributed by atoms with Gasteiger partial charge in [0.1, 0.15) is 5.75 Å². The van der Waals surface area contributed by atoms with Crippen molar-refractivity contribution in [2.45, 2.75) is 0 Å². The van der Waals surface area contributed by atoms with Gasteiger partial charge in [-0.1, -0.05) is 18.2 Å². The van der Waals surface area contributed by atoms with Gasteiger partial charge >= 0.3 is 0 Å². The molecule has 1 N–H and O–H groups in total. The predicted molar refractivity (Wildman–Crippen MR) is 65.6 cm³/mol. The zero-order chi connectivity index (χ0) is 13.1. The fraction of sp³-hybridized carbons (Fsp3) is 0. The lowest BCUT2D eigenvalue weighted by Crippen LogP contribution is -1.94. The molecular weight excluding hydrogens is 234 g/mol. The molecule has 0 unspecified atom stereocenters. The first-order chi connectivity index (χ1) is 8.61. The van der Waals surface area contributed by atoms with Crippen LogP contribution < -0.4 is 0 Å². The molecule has 2 aromatic rings. The van der Waals surface area contributed by atoms with Crippen LogP contribution in [0.5, 0.6) is 5.75 Å². The number of phenols is 1. The van der Waals surface area contributed by atoms with Crippen molar-refractivity contribution in [2.75, 3.05) is 0 Å². The SMILES string of the molecule is O=Cc1ccc(-c2cccc(O)c2)cc1[N+](=O)[O-]. The minimum atomic E-state index is -0.601. The summed E-state index contributed by atoms with van der Waals surface area (Å²) in [6.07, 6.45) is 0.449. The Labute approximate surface area is 102 Å². The number of nitro groups is 1. The number of carbonyl (C=O) groups excluding carboxylic acids is 1. The van der Waals surface area contributed by atoms with Crippen molar-refractivity contribution in [3.63, 3.8) is 0 Å². The van der Waals surface area contributed by atoms with E-state index in [-0.39, 0.29) is 17.0 Å². The molecule has 2 rings (SSSR count). The van der Waals surface area contributed by atoms with Crippen LogP contribution in [0.15, 0.2) is 42.5 Å². The summed E-state index contributed by atoms with van der Waals surface area (Å²) in [5, 5.41) is 20.2. The maximum atomic E-state index is 10.8. The van der Waals surface area contributed by atoms with Crippen molar-refractivity contribution >= 4 is 12.0 Å². The third-order valence-corrected chi connectivity index (χ3v) is 2.53. The molecule has 2 aromatic carbocycles. The molecule has 0 aliphatic heterocycles. The Bertz CT molecular complexity index is 622. The Morgan fingerprint density at radius 1 is 1.11 bits per heavy atom. The van der Waals surface area contributed by atoms with E-state index in [9.17, 15) is 20.0 Å². The van der Waals surface area contributed by atoms with Crippen LogP contribution in [0.1, 0.15) is 10.4 Å². The monoisotopic (exact) mass is 243 g/mol. The highest BCUT2D eigenvalue weighted by molar-refractivity contribution is 5.84. The Balaban J connectivity index is 2.56. The molecule has 0 aliphatic rings. The number of carbonyl (C=O) groups is 1. The maximum absolute atomic E-state index is 10.8. The van der Waals surface area contributed by atoms with Gasteiger partial charge in [0.05, 0.1) is 10.5 Å². The molecule has 0 aromatic heterocycles. The second-order valence-corrected chi connectivity index (χ2v) is 3.70. The minimum Gasteiger partial charge on any atom is -0.508 e. The normalized spacial score (nSPS) is 10.0. The maximum Gasteiger partial charge on any atom is 0.280 e. The molecule has 0 amide bonds. The molecule has 90 valence electrons. The van der Waals surface area contributed by atoms with E-state index < -0.39 is 4.92 Å². The average molecular weight is 243 g/mol. The van der Waals surface area contributed by atoms with Crippen molar-refractivity contribution < 1.29 is 14.8 Å². The number of benzene rings is 2. The first-order valence-corrected chi connectivity index (χ1v) is 5.15. The third kappa shape index (κ3) is 2.20. The molecule has 0 radical (unpaired) electrons. The number of aromatic hydroxyl groups is 1. The van der Waals surface area contributed by atoms with E-state index in [0.717, 1.165) is 0 Å². The molecule has 0 heterocycles. The van der Waals surface area contributed by atoms with Gasteiger partial charge in [0.25, 0.3) is 5.69 Å². The molecule has 5 nitrogen and oxygen atoms in total. The van der Waals surface area contributed by atoms with Gasteiger partial charge in [-0.05, 0) is 29.3 Å². The largest absolute Gasteiger partial charge is 0.508 e. The molecule has 0 bridgehead atoms. The number of rotatable bonds is 3. The van der Waals surface area contributed by atoms with E-state index >= 15 is 0 Å².